The summed E-state index contributed by atoms with van der Waals surface area (Å²) in [5.74, 6) is -2.98. The summed E-state index contributed by atoms with van der Waals surface area (Å²) in [5.41, 5.74) is 0.525. The van der Waals surface area contributed by atoms with Crippen LogP contribution in [0.25, 0.3) is 0 Å². The Morgan fingerprint density at radius 3 is 1.61 bits per heavy atom. The van der Waals surface area contributed by atoms with Gasteiger partial charge in [0.05, 0.1) is 5.92 Å². The summed E-state index contributed by atoms with van der Waals surface area (Å²) >= 11 is 0. The van der Waals surface area contributed by atoms with Gasteiger partial charge >= 0.3 is 17.7 Å². The molecule has 0 aromatic carbocycles. The molecule has 1 saturated heterocycles. The molecule has 1 rings (SSSR count). The fourth-order valence-electron chi connectivity index (χ4n) is 5.23. The maximum atomic E-state index is 13.0. The molecule has 0 aliphatic carbocycles. The molecule has 0 spiro atoms. The van der Waals surface area contributed by atoms with E-state index in [-0.39, 0.29) is 11.3 Å². The molecule has 0 amide bonds. The maximum absolute atomic E-state index is 13.0. The van der Waals surface area contributed by atoms with Crippen LogP contribution >= 0.6 is 0 Å². The normalized spacial score (nSPS) is 16.2. The molecule has 1 aliphatic heterocycles. The van der Waals surface area contributed by atoms with E-state index in [0.29, 0.717) is 17.3 Å². The van der Waals surface area contributed by atoms with Gasteiger partial charge in [-0.15, -0.1) is 0 Å². The highest BCUT2D eigenvalue weighted by atomic mass is 17.4. The second-order valence-electron chi connectivity index (χ2n) is 14.7. The van der Waals surface area contributed by atoms with Crippen molar-refractivity contribution in [1.82, 2.24) is 0 Å². The van der Waals surface area contributed by atoms with Gasteiger partial charge in [-0.1, -0.05) is 127 Å². The molecule has 38 heavy (non-hydrogen) atoms. The average molecular weight is 541 g/mol. The summed E-state index contributed by atoms with van der Waals surface area (Å²) in [6, 6.07) is 0. The van der Waals surface area contributed by atoms with E-state index in [0.717, 1.165) is 51.4 Å². The van der Waals surface area contributed by atoms with E-state index in [4.69, 9.17) is 19.6 Å². The molecule has 1 atom stereocenters. The predicted molar refractivity (Wildman–Crippen MR) is 153 cm³/mol. The SMILES string of the molecule is CCCC(C)(C)C(CCCCCCCC(C)(C)C)C(=O)OOC(=O)C1(CCCCCCCC(C)(C)C)OO1. The van der Waals surface area contributed by atoms with Crippen molar-refractivity contribution < 1.29 is 29.1 Å². The van der Waals surface area contributed by atoms with E-state index in [2.05, 4.69) is 62.3 Å². The van der Waals surface area contributed by atoms with Crippen LogP contribution in [-0.2, 0) is 29.1 Å². The van der Waals surface area contributed by atoms with E-state index >= 15 is 0 Å². The van der Waals surface area contributed by atoms with Crippen LogP contribution in [0.5, 0.6) is 0 Å². The zero-order valence-corrected chi connectivity index (χ0v) is 26.3. The van der Waals surface area contributed by atoms with Gasteiger partial charge in [-0.05, 0) is 48.3 Å². The van der Waals surface area contributed by atoms with Gasteiger partial charge in [-0.3, -0.25) is 0 Å². The average Bonchev–Trinajstić information content (AvgIpc) is 3.58. The summed E-state index contributed by atoms with van der Waals surface area (Å²) in [7, 11) is 0. The number of hydrogen-bond donors (Lipinski definition) is 0. The van der Waals surface area contributed by atoms with Crippen LogP contribution in [0.15, 0.2) is 0 Å². The predicted octanol–water partition coefficient (Wildman–Crippen LogP) is 9.64. The largest absolute Gasteiger partial charge is 0.420 e. The topological polar surface area (TPSA) is 77.7 Å². The Kier molecular flexibility index (Phi) is 14.9. The number of carbonyl (C=O) groups is 2. The Balaban J connectivity index is 2.43. The van der Waals surface area contributed by atoms with Crippen molar-refractivity contribution in [3.63, 3.8) is 0 Å². The van der Waals surface area contributed by atoms with E-state index in [9.17, 15) is 9.59 Å². The van der Waals surface area contributed by atoms with Gasteiger partial charge in [-0.2, -0.15) is 9.78 Å². The summed E-state index contributed by atoms with van der Waals surface area (Å²) in [6.07, 6.45) is 16.5. The van der Waals surface area contributed by atoms with Crippen molar-refractivity contribution in [3.8, 4) is 0 Å². The Morgan fingerprint density at radius 2 is 1.13 bits per heavy atom. The van der Waals surface area contributed by atoms with Crippen LogP contribution in [0.2, 0.25) is 0 Å². The molecule has 0 bridgehead atoms. The van der Waals surface area contributed by atoms with Crippen LogP contribution in [0.3, 0.4) is 0 Å². The fourth-order valence-corrected chi connectivity index (χ4v) is 5.23. The van der Waals surface area contributed by atoms with Gasteiger partial charge in [0.15, 0.2) is 0 Å². The summed E-state index contributed by atoms with van der Waals surface area (Å²) < 4.78 is 0. The number of unbranched alkanes of at least 4 members (excludes halogenated alkanes) is 8. The van der Waals surface area contributed by atoms with Crippen LogP contribution in [0.4, 0.5) is 0 Å². The minimum absolute atomic E-state index is 0.234. The third-order valence-corrected chi connectivity index (χ3v) is 7.77. The first-order chi connectivity index (χ1) is 17.6. The monoisotopic (exact) mass is 540 g/mol. The molecule has 1 unspecified atom stereocenters. The van der Waals surface area contributed by atoms with Crippen molar-refractivity contribution in [1.29, 1.82) is 0 Å². The standard InChI is InChI=1S/C32H60O6/c1-10-22-31(8,9)26(21-17-13-11-14-18-23-29(2,3)4)27(33)35-36-28(34)32(37-38-32)25-20-16-12-15-19-24-30(5,6)7/h26H,10-25H2,1-9H3. The molecular formula is C32H60O6. The van der Waals surface area contributed by atoms with Crippen molar-refractivity contribution in [3.05, 3.63) is 0 Å². The third kappa shape index (κ3) is 14.9. The lowest BCUT2D eigenvalue weighted by Gasteiger charge is -2.32. The molecule has 6 nitrogen and oxygen atoms in total. The lowest BCUT2D eigenvalue weighted by atomic mass is 9.73. The summed E-state index contributed by atoms with van der Waals surface area (Å²) in [5, 5.41) is 0. The Hall–Kier alpha value is -1.14. The van der Waals surface area contributed by atoms with E-state index < -0.39 is 17.7 Å². The highest BCUT2D eigenvalue weighted by Gasteiger charge is 2.59. The molecule has 1 heterocycles. The van der Waals surface area contributed by atoms with E-state index in [1.807, 2.05) is 0 Å². The first kappa shape index (κ1) is 34.9. The minimum atomic E-state index is -1.41. The van der Waals surface area contributed by atoms with Gasteiger partial charge in [0.25, 0.3) is 0 Å². The van der Waals surface area contributed by atoms with Crippen molar-refractivity contribution in [2.24, 2.45) is 22.2 Å². The molecule has 6 heteroatoms. The maximum Gasteiger partial charge on any atom is 0.420 e. The van der Waals surface area contributed by atoms with Gasteiger partial charge in [0.1, 0.15) is 0 Å². The highest BCUT2D eigenvalue weighted by Crippen LogP contribution is 2.39. The summed E-state index contributed by atoms with van der Waals surface area (Å²) in [4.78, 5) is 45.7. The second kappa shape index (κ2) is 16.2. The zero-order chi connectivity index (χ0) is 28.9. The number of carbonyl (C=O) groups excluding carboxylic acids is 2. The smallest absolute Gasteiger partial charge is 0.247 e. The molecule has 0 saturated carbocycles. The lowest BCUT2D eigenvalue weighted by Crippen LogP contribution is -2.35. The molecule has 0 aromatic heterocycles. The first-order valence-electron chi connectivity index (χ1n) is 15.4. The van der Waals surface area contributed by atoms with E-state index in [1.165, 1.54) is 44.9 Å². The van der Waals surface area contributed by atoms with Crippen molar-refractivity contribution in [2.45, 2.75) is 171 Å². The number of hydrogen-bond acceptors (Lipinski definition) is 6. The van der Waals surface area contributed by atoms with Gasteiger partial charge < -0.3 is 0 Å². The zero-order valence-electron chi connectivity index (χ0n) is 26.3. The second-order valence-corrected chi connectivity index (χ2v) is 14.7. The molecule has 0 N–H and O–H groups in total. The highest BCUT2D eigenvalue weighted by molar-refractivity contribution is 5.80. The Labute approximate surface area is 234 Å². The van der Waals surface area contributed by atoms with Gasteiger partial charge in [0.2, 0.25) is 0 Å². The van der Waals surface area contributed by atoms with Crippen LogP contribution < -0.4 is 0 Å². The summed E-state index contributed by atoms with van der Waals surface area (Å²) in [6.45, 7) is 20.0. The molecule has 0 aromatic rings. The first-order valence-corrected chi connectivity index (χ1v) is 15.4. The number of rotatable bonds is 19. The van der Waals surface area contributed by atoms with Gasteiger partial charge in [-0.25, -0.2) is 19.4 Å². The van der Waals surface area contributed by atoms with Crippen molar-refractivity contribution in [2.75, 3.05) is 0 Å². The van der Waals surface area contributed by atoms with Crippen LogP contribution in [0.1, 0.15) is 165 Å². The fraction of sp³-hybridized carbons (Fsp3) is 0.938. The molecule has 0 radical (unpaired) electrons. The quantitative estimate of drug-likeness (QED) is 0.0702. The Morgan fingerprint density at radius 1 is 0.658 bits per heavy atom. The molecule has 1 fully saturated rings. The van der Waals surface area contributed by atoms with Crippen LogP contribution in [-0.4, -0.2) is 17.7 Å². The van der Waals surface area contributed by atoms with Crippen molar-refractivity contribution >= 4 is 11.9 Å². The lowest BCUT2D eigenvalue weighted by molar-refractivity contribution is -0.269. The molecule has 1 aliphatic rings. The molecular weight excluding hydrogens is 480 g/mol. The molecule has 224 valence electrons. The van der Waals surface area contributed by atoms with Gasteiger partial charge in [0, 0.05) is 6.42 Å². The third-order valence-electron chi connectivity index (χ3n) is 7.77. The Bertz CT molecular complexity index is 681. The van der Waals surface area contributed by atoms with E-state index in [1.54, 1.807) is 0 Å². The van der Waals surface area contributed by atoms with Crippen LogP contribution in [0, 0.1) is 22.2 Å². The minimum Gasteiger partial charge on any atom is -0.247 e.